The van der Waals surface area contributed by atoms with Gasteiger partial charge in [0.15, 0.2) is 0 Å². The summed E-state index contributed by atoms with van der Waals surface area (Å²) in [7, 11) is 0. The lowest BCUT2D eigenvalue weighted by Gasteiger charge is -2.42. The average molecular weight is 421 g/mol. The van der Waals surface area contributed by atoms with Gasteiger partial charge in [-0.1, -0.05) is 0 Å². The summed E-state index contributed by atoms with van der Waals surface area (Å²) in [6.45, 7) is 1.56. The summed E-state index contributed by atoms with van der Waals surface area (Å²) in [5, 5.41) is 17.2. The molecular formula is C15H23N3O7S2. The van der Waals surface area contributed by atoms with Crippen molar-refractivity contribution in [2.45, 2.75) is 19.8 Å². The van der Waals surface area contributed by atoms with Gasteiger partial charge in [0.2, 0.25) is 17.7 Å². The zero-order valence-corrected chi connectivity index (χ0v) is 16.6. The van der Waals surface area contributed by atoms with E-state index in [1.54, 1.807) is 0 Å². The van der Waals surface area contributed by atoms with E-state index < -0.39 is 11.9 Å². The molecule has 1 fully saturated rings. The van der Waals surface area contributed by atoms with Crippen molar-refractivity contribution in [2.75, 3.05) is 43.0 Å². The highest BCUT2D eigenvalue weighted by atomic mass is 32.2. The highest BCUT2D eigenvalue weighted by Gasteiger charge is 2.30. The molecule has 2 N–H and O–H groups in total. The van der Waals surface area contributed by atoms with Crippen LogP contribution in [0, 0.1) is 0 Å². The molecule has 152 valence electrons. The van der Waals surface area contributed by atoms with Gasteiger partial charge in [0, 0.05) is 31.3 Å². The van der Waals surface area contributed by atoms with E-state index >= 15 is 0 Å². The Hall–Kier alpha value is -1.95. The van der Waals surface area contributed by atoms with E-state index in [9.17, 15) is 24.0 Å². The number of nitrogens with zero attached hydrogens (tertiary/aromatic N) is 3. The lowest BCUT2D eigenvalue weighted by atomic mass is 10.3. The summed E-state index contributed by atoms with van der Waals surface area (Å²) in [6, 6.07) is 0. The van der Waals surface area contributed by atoms with Crippen molar-refractivity contribution in [1.82, 2.24) is 14.7 Å². The van der Waals surface area contributed by atoms with Crippen LogP contribution in [0.25, 0.3) is 0 Å². The summed E-state index contributed by atoms with van der Waals surface area (Å²) >= 11 is 2.25. The third-order valence-corrected chi connectivity index (χ3v) is 5.43. The maximum Gasteiger partial charge on any atom is 0.313 e. The number of carbonyl (C=O) groups is 5. The predicted molar refractivity (Wildman–Crippen MR) is 100.0 cm³/mol. The Morgan fingerprint density at radius 2 is 1.11 bits per heavy atom. The Bertz CT molecular complexity index is 546. The van der Waals surface area contributed by atoms with Gasteiger partial charge in [-0.15, -0.1) is 23.5 Å². The van der Waals surface area contributed by atoms with E-state index in [1.165, 1.54) is 21.6 Å². The van der Waals surface area contributed by atoms with E-state index in [-0.39, 0.29) is 62.1 Å². The van der Waals surface area contributed by atoms with Gasteiger partial charge in [0.05, 0.1) is 31.5 Å². The fourth-order valence-electron chi connectivity index (χ4n) is 2.22. The number of hydrogen-bond donors (Lipinski definition) is 2. The molecule has 0 unspecified atom stereocenters. The molecule has 0 spiro atoms. The van der Waals surface area contributed by atoms with Crippen molar-refractivity contribution in [3.05, 3.63) is 0 Å². The van der Waals surface area contributed by atoms with E-state index in [0.29, 0.717) is 11.5 Å². The van der Waals surface area contributed by atoms with Gasteiger partial charge in [-0.2, -0.15) is 0 Å². The third kappa shape index (κ3) is 9.00. The molecule has 10 nitrogen and oxygen atoms in total. The molecule has 3 amide bonds. The number of carboxylic acids is 2. The van der Waals surface area contributed by atoms with E-state index in [4.69, 9.17) is 10.2 Å². The minimum atomic E-state index is -0.953. The van der Waals surface area contributed by atoms with Gasteiger partial charge in [0.1, 0.15) is 0 Å². The molecule has 12 heteroatoms. The second kappa shape index (κ2) is 11.7. The van der Waals surface area contributed by atoms with Crippen LogP contribution in [0.5, 0.6) is 0 Å². The van der Waals surface area contributed by atoms with Crippen molar-refractivity contribution in [1.29, 1.82) is 0 Å². The quantitative estimate of drug-likeness (QED) is 0.459. The maximum absolute atomic E-state index is 12.3. The summed E-state index contributed by atoms with van der Waals surface area (Å²) in [5.41, 5.74) is 0. The van der Waals surface area contributed by atoms with E-state index in [0.717, 1.165) is 23.5 Å². The van der Waals surface area contributed by atoms with Crippen LogP contribution in [0.15, 0.2) is 0 Å². The monoisotopic (exact) mass is 421 g/mol. The normalized spacial score (nSPS) is 14.2. The zero-order chi connectivity index (χ0) is 20.4. The molecule has 0 aromatic heterocycles. The van der Waals surface area contributed by atoms with Gasteiger partial charge in [-0.25, -0.2) is 0 Å². The molecule has 27 heavy (non-hydrogen) atoms. The Morgan fingerprint density at radius 3 is 1.44 bits per heavy atom. The molecular weight excluding hydrogens is 398 g/mol. The molecule has 0 atom stereocenters. The van der Waals surface area contributed by atoms with Crippen LogP contribution in [-0.2, 0) is 24.0 Å². The fraction of sp³-hybridized carbons (Fsp3) is 0.667. The van der Waals surface area contributed by atoms with Crippen LogP contribution < -0.4 is 0 Å². The molecule has 0 aliphatic carbocycles. The fourth-order valence-corrected chi connectivity index (χ4v) is 3.50. The maximum atomic E-state index is 12.3. The molecule has 1 saturated heterocycles. The first-order valence-electron chi connectivity index (χ1n) is 8.10. The number of thioether (sulfide) groups is 2. The molecule has 0 saturated carbocycles. The second-order valence-electron chi connectivity index (χ2n) is 5.74. The van der Waals surface area contributed by atoms with Crippen LogP contribution in [-0.4, -0.2) is 97.6 Å². The molecule has 0 radical (unpaired) electrons. The highest BCUT2D eigenvalue weighted by molar-refractivity contribution is 8.00. The molecule has 1 rings (SSSR count). The van der Waals surface area contributed by atoms with Crippen LogP contribution in [0.4, 0.5) is 0 Å². The van der Waals surface area contributed by atoms with Crippen molar-refractivity contribution in [3.8, 4) is 0 Å². The zero-order valence-electron chi connectivity index (χ0n) is 15.0. The minimum absolute atomic E-state index is 0.0502. The van der Waals surface area contributed by atoms with Gasteiger partial charge in [-0.3, -0.25) is 24.0 Å². The van der Waals surface area contributed by atoms with E-state index in [2.05, 4.69) is 0 Å². The Kier molecular flexibility index (Phi) is 10.0. The van der Waals surface area contributed by atoms with Crippen molar-refractivity contribution in [3.63, 3.8) is 0 Å². The van der Waals surface area contributed by atoms with E-state index in [1.807, 2.05) is 0 Å². The molecule has 0 aromatic carbocycles. The topological polar surface area (TPSA) is 136 Å². The van der Waals surface area contributed by atoms with Crippen LogP contribution >= 0.6 is 23.5 Å². The lowest BCUT2D eigenvalue weighted by Crippen LogP contribution is -2.59. The number of rotatable bonds is 10. The van der Waals surface area contributed by atoms with Gasteiger partial charge in [-0.05, 0) is 0 Å². The largest absolute Gasteiger partial charge is 0.481 e. The molecule has 1 aliphatic rings. The number of hydrogen-bond acceptors (Lipinski definition) is 7. The SMILES string of the molecule is CC(=O)N1CN(C(=O)CCSCC(=O)O)CN(C(=O)CCSCC(=O)O)C1. The first-order chi connectivity index (χ1) is 12.7. The minimum Gasteiger partial charge on any atom is -0.481 e. The summed E-state index contributed by atoms with van der Waals surface area (Å²) < 4.78 is 0. The number of carboxylic acid groups (broad SMARTS) is 2. The van der Waals surface area contributed by atoms with Gasteiger partial charge >= 0.3 is 11.9 Å². The Balaban J connectivity index is 2.56. The average Bonchev–Trinajstić information content (AvgIpc) is 2.61. The van der Waals surface area contributed by atoms with Crippen molar-refractivity contribution >= 4 is 53.2 Å². The van der Waals surface area contributed by atoms with Crippen molar-refractivity contribution < 1.29 is 34.2 Å². The van der Waals surface area contributed by atoms with Crippen LogP contribution in [0.2, 0.25) is 0 Å². The second-order valence-corrected chi connectivity index (χ2v) is 7.95. The standard InChI is InChI=1S/C15H23N3O7S2/c1-11(19)16-8-17(12(20)2-4-26-6-14(22)23)10-18(9-16)13(21)3-5-27-7-15(24)25/h2-10H2,1H3,(H,22,23)(H,24,25). The number of aliphatic carboxylic acids is 2. The molecule has 1 aliphatic heterocycles. The molecule has 0 aromatic rings. The first-order valence-corrected chi connectivity index (χ1v) is 10.4. The Morgan fingerprint density at radius 1 is 0.741 bits per heavy atom. The summed E-state index contributed by atoms with van der Waals surface area (Å²) in [5.74, 6) is -2.23. The summed E-state index contributed by atoms with van der Waals surface area (Å²) in [6.07, 6.45) is 0.223. The van der Waals surface area contributed by atoms with Crippen LogP contribution in [0.3, 0.4) is 0 Å². The Labute approximate surface area is 165 Å². The van der Waals surface area contributed by atoms with Gasteiger partial charge < -0.3 is 24.9 Å². The highest BCUT2D eigenvalue weighted by Crippen LogP contribution is 2.14. The molecule has 0 bridgehead atoms. The van der Waals surface area contributed by atoms with Crippen molar-refractivity contribution in [2.24, 2.45) is 0 Å². The molecule has 1 heterocycles. The first kappa shape index (κ1) is 23.1. The predicted octanol–water partition coefficient (Wildman–Crippen LogP) is -0.206. The number of amides is 3. The summed E-state index contributed by atoms with van der Waals surface area (Å²) in [4.78, 5) is 61.5. The van der Waals surface area contributed by atoms with Gasteiger partial charge in [0.25, 0.3) is 0 Å². The smallest absolute Gasteiger partial charge is 0.313 e. The van der Waals surface area contributed by atoms with Crippen LogP contribution in [0.1, 0.15) is 19.8 Å². The number of carbonyl (C=O) groups excluding carboxylic acids is 3. The third-order valence-electron chi connectivity index (χ3n) is 3.55. The lowest BCUT2D eigenvalue weighted by molar-refractivity contribution is -0.157.